The Hall–Kier alpha value is -2.29. The van der Waals surface area contributed by atoms with Gasteiger partial charge in [-0.05, 0) is 17.2 Å². The molecule has 4 N–H and O–H groups in total. The summed E-state index contributed by atoms with van der Waals surface area (Å²) in [6.45, 7) is 0. The van der Waals surface area contributed by atoms with E-state index in [-0.39, 0.29) is 12.3 Å². The van der Waals surface area contributed by atoms with Crippen molar-refractivity contribution in [3.05, 3.63) is 54.1 Å². The molecule has 3 heteroatoms. The lowest BCUT2D eigenvalue weighted by Gasteiger charge is -2.07. The van der Waals surface area contributed by atoms with Gasteiger partial charge in [0, 0.05) is 11.3 Å². The lowest BCUT2D eigenvalue weighted by atomic mass is 10.0. The minimum absolute atomic E-state index is 0.251. The summed E-state index contributed by atoms with van der Waals surface area (Å²) in [5, 5.41) is 0. The summed E-state index contributed by atoms with van der Waals surface area (Å²) < 4.78 is 0. The first-order valence-corrected chi connectivity index (χ1v) is 5.39. The van der Waals surface area contributed by atoms with Crippen molar-refractivity contribution in [2.24, 2.45) is 5.73 Å². The molecule has 0 heterocycles. The molecule has 0 atom stereocenters. The molecule has 17 heavy (non-hydrogen) atoms. The largest absolute Gasteiger partial charge is 0.398 e. The van der Waals surface area contributed by atoms with Gasteiger partial charge in [-0.1, -0.05) is 42.5 Å². The molecule has 0 aliphatic carbocycles. The zero-order chi connectivity index (χ0) is 12.3. The molecular weight excluding hydrogens is 212 g/mol. The van der Waals surface area contributed by atoms with Crippen LogP contribution in [0.15, 0.2) is 48.5 Å². The number of hydrogen-bond donors (Lipinski definition) is 2. The Labute approximate surface area is 100 Å². The van der Waals surface area contributed by atoms with E-state index in [2.05, 4.69) is 0 Å². The first kappa shape index (κ1) is 11.2. The van der Waals surface area contributed by atoms with E-state index in [4.69, 9.17) is 11.5 Å². The van der Waals surface area contributed by atoms with Crippen LogP contribution < -0.4 is 11.5 Å². The smallest absolute Gasteiger partial charge is 0.221 e. The second-order valence-electron chi connectivity index (χ2n) is 3.93. The standard InChI is InChI=1S/C14H14N2O/c15-13-7-2-1-6-12(13)11-5-3-4-10(8-11)9-14(16)17/h1-8H,9,15H2,(H2,16,17). The number of amides is 1. The Morgan fingerprint density at radius 2 is 1.82 bits per heavy atom. The number of carbonyl (C=O) groups is 1. The number of rotatable bonds is 3. The van der Waals surface area contributed by atoms with E-state index in [1.807, 2.05) is 48.5 Å². The number of primary amides is 1. The number of anilines is 1. The van der Waals surface area contributed by atoms with Gasteiger partial charge in [0.2, 0.25) is 5.91 Å². The Morgan fingerprint density at radius 3 is 2.53 bits per heavy atom. The Morgan fingerprint density at radius 1 is 1.06 bits per heavy atom. The number of nitrogen functional groups attached to an aromatic ring is 1. The third kappa shape index (κ3) is 2.64. The van der Waals surface area contributed by atoms with Crippen molar-refractivity contribution < 1.29 is 4.79 Å². The summed E-state index contributed by atoms with van der Waals surface area (Å²) in [7, 11) is 0. The van der Waals surface area contributed by atoms with Gasteiger partial charge in [-0.25, -0.2) is 0 Å². The van der Waals surface area contributed by atoms with Gasteiger partial charge in [0.1, 0.15) is 0 Å². The lowest BCUT2D eigenvalue weighted by Crippen LogP contribution is -2.13. The van der Waals surface area contributed by atoms with Crippen molar-refractivity contribution in [3.8, 4) is 11.1 Å². The van der Waals surface area contributed by atoms with Gasteiger partial charge in [-0.15, -0.1) is 0 Å². The summed E-state index contributed by atoms with van der Waals surface area (Å²) >= 11 is 0. The SMILES string of the molecule is NC(=O)Cc1cccc(-c2ccccc2N)c1. The molecule has 86 valence electrons. The fourth-order valence-corrected chi connectivity index (χ4v) is 1.81. The number of para-hydroxylation sites is 1. The second-order valence-corrected chi connectivity index (χ2v) is 3.93. The number of hydrogen-bond acceptors (Lipinski definition) is 2. The second kappa shape index (κ2) is 4.70. The fourth-order valence-electron chi connectivity index (χ4n) is 1.81. The highest BCUT2D eigenvalue weighted by atomic mass is 16.1. The highest BCUT2D eigenvalue weighted by molar-refractivity contribution is 5.79. The molecule has 0 bridgehead atoms. The maximum Gasteiger partial charge on any atom is 0.221 e. The average Bonchev–Trinajstić information content (AvgIpc) is 2.29. The maximum atomic E-state index is 10.9. The minimum atomic E-state index is -0.330. The van der Waals surface area contributed by atoms with Crippen molar-refractivity contribution in [2.45, 2.75) is 6.42 Å². The Kier molecular flexibility index (Phi) is 3.10. The van der Waals surface area contributed by atoms with Gasteiger partial charge in [0.15, 0.2) is 0 Å². The highest BCUT2D eigenvalue weighted by Crippen LogP contribution is 2.26. The van der Waals surface area contributed by atoms with Crippen LogP contribution in [0.4, 0.5) is 5.69 Å². The molecule has 0 aliphatic heterocycles. The fraction of sp³-hybridized carbons (Fsp3) is 0.0714. The maximum absolute atomic E-state index is 10.9. The van der Waals surface area contributed by atoms with Crippen LogP contribution in [0.3, 0.4) is 0 Å². The number of nitrogens with two attached hydrogens (primary N) is 2. The van der Waals surface area contributed by atoms with E-state index in [1.165, 1.54) is 0 Å². The third-order valence-corrected chi connectivity index (χ3v) is 2.58. The molecule has 2 aromatic carbocycles. The predicted molar refractivity (Wildman–Crippen MR) is 69.2 cm³/mol. The first-order valence-electron chi connectivity index (χ1n) is 5.39. The summed E-state index contributed by atoms with van der Waals surface area (Å²) in [4.78, 5) is 10.9. The zero-order valence-corrected chi connectivity index (χ0v) is 9.39. The predicted octanol–water partition coefficient (Wildman–Crippen LogP) is 1.96. The molecule has 0 saturated heterocycles. The van der Waals surface area contributed by atoms with Gasteiger partial charge in [0.05, 0.1) is 6.42 Å². The zero-order valence-electron chi connectivity index (χ0n) is 9.39. The summed E-state index contributed by atoms with van der Waals surface area (Å²) in [6.07, 6.45) is 0.251. The van der Waals surface area contributed by atoms with Crippen LogP contribution >= 0.6 is 0 Å². The third-order valence-electron chi connectivity index (χ3n) is 2.58. The highest BCUT2D eigenvalue weighted by Gasteiger charge is 2.04. The molecule has 0 spiro atoms. The molecule has 0 aliphatic rings. The molecule has 0 radical (unpaired) electrons. The molecule has 0 unspecified atom stereocenters. The van der Waals surface area contributed by atoms with Gasteiger partial charge >= 0.3 is 0 Å². The van der Waals surface area contributed by atoms with Gasteiger partial charge < -0.3 is 11.5 Å². The van der Waals surface area contributed by atoms with E-state index in [1.54, 1.807) is 0 Å². The van der Waals surface area contributed by atoms with Crippen molar-refractivity contribution in [1.82, 2.24) is 0 Å². The van der Waals surface area contributed by atoms with Crippen LogP contribution in [-0.4, -0.2) is 5.91 Å². The molecule has 0 aromatic heterocycles. The first-order chi connectivity index (χ1) is 8.16. The number of carbonyl (C=O) groups excluding carboxylic acids is 1. The summed E-state index contributed by atoms with van der Waals surface area (Å²) in [5.41, 5.74) is 14.7. The van der Waals surface area contributed by atoms with Gasteiger partial charge in [-0.3, -0.25) is 4.79 Å². The Balaban J connectivity index is 2.40. The molecular formula is C14H14N2O. The van der Waals surface area contributed by atoms with E-state index in [0.29, 0.717) is 0 Å². The molecule has 1 amide bonds. The van der Waals surface area contributed by atoms with E-state index in [0.717, 1.165) is 22.4 Å². The topological polar surface area (TPSA) is 69.1 Å². The van der Waals surface area contributed by atoms with Gasteiger partial charge in [0.25, 0.3) is 0 Å². The van der Waals surface area contributed by atoms with E-state index >= 15 is 0 Å². The van der Waals surface area contributed by atoms with Crippen LogP contribution in [0.1, 0.15) is 5.56 Å². The quantitative estimate of drug-likeness (QED) is 0.785. The van der Waals surface area contributed by atoms with E-state index < -0.39 is 0 Å². The van der Waals surface area contributed by atoms with Gasteiger partial charge in [-0.2, -0.15) is 0 Å². The Bertz CT molecular complexity index is 549. The lowest BCUT2D eigenvalue weighted by molar-refractivity contribution is -0.117. The molecule has 0 saturated carbocycles. The molecule has 2 rings (SSSR count). The summed E-state index contributed by atoms with van der Waals surface area (Å²) in [6, 6.07) is 15.3. The van der Waals surface area contributed by atoms with Crippen molar-refractivity contribution in [2.75, 3.05) is 5.73 Å². The normalized spacial score (nSPS) is 10.1. The molecule has 2 aromatic rings. The monoisotopic (exact) mass is 226 g/mol. The minimum Gasteiger partial charge on any atom is -0.398 e. The molecule has 3 nitrogen and oxygen atoms in total. The van der Waals surface area contributed by atoms with Crippen LogP contribution in [0.2, 0.25) is 0 Å². The van der Waals surface area contributed by atoms with Crippen LogP contribution in [0.25, 0.3) is 11.1 Å². The van der Waals surface area contributed by atoms with Crippen molar-refractivity contribution in [3.63, 3.8) is 0 Å². The number of benzene rings is 2. The van der Waals surface area contributed by atoms with E-state index in [9.17, 15) is 4.79 Å². The van der Waals surface area contributed by atoms with Crippen LogP contribution in [0, 0.1) is 0 Å². The van der Waals surface area contributed by atoms with Crippen molar-refractivity contribution >= 4 is 11.6 Å². The molecule has 0 fully saturated rings. The van der Waals surface area contributed by atoms with Crippen molar-refractivity contribution in [1.29, 1.82) is 0 Å². The van der Waals surface area contributed by atoms with Crippen LogP contribution in [0.5, 0.6) is 0 Å². The average molecular weight is 226 g/mol. The summed E-state index contributed by atoms with van der Waals surface area (Å²) in [5.74, 6) is -0.330. The van der Waals surface area contributed by atoms with Crippen LogP contribution in [-0.2, 0) is 11.2 Å².